The maximum atomic E-state index is 12.4. The van der Waals surface area contributed by atoms with Crippen molar-refractivity contribution in [1.29, 1.82) is 0 Å². The van der Waals surface area contributed by atoms with Gasteiger partial charge in [0.1, 0.15) is 6.04 Å². The Morgan fingerprint density at radius 3 is 2.67 bits per heavy atom. The first-order valence-corrected chi connectivity index (χ1v) is 6.16. The first-order valence-electron chi connectivity index (χ1n) is 6.16. The van der Waals surface area contributed by atoms with Gasteiger partial charge in [-0.15, -0.1) is 0 Å². The van der Waals surface area contributed by atoms with Crippen LogP contribution in [0.3, 0.4) is 0 Å². The van der Waals surface area contributed by atoms with E-state index in [1.165, 1.54) is 7.11 Å². The van der Waals surface area contributed by atoms with Crippen LogP contribution in [0.5, 0.6) is 0 Å². The van der Waals surface area contributed by atoms with Crippen molar-refractivity contribution in [3.63, 3.8) is 0 Å². The summed E-state index contributed by atoms with van der Waals surface area (Å²) in [7, 11) is 1.38. The van der Waals surface area contributed by atoms with Crippen molar-refractivity contribution >= 4 is 11.9 Å². The third kappa shape index (κ3) is 1.68. The molecule has 1 aromatic rings. The third-order valence-corrected chi connectivity index (χ3v) is 3.87. The third-order valence-electron chi connectivity index (χ3n) is 3.87. The average Bonchev–Trinajstić information content (AvgIpc) is 3.09. The zero-order valence-electron chi connectivity index (χ0n) is 10.2. The van der Waals surface area contributed by atoms with E-state index in [2.05, 4.69) is 0 Å². The van der Waals surface area contributed by atoms with E-state index in [-0.39, 0.29) is 17.9 Å². The van der Waals surface area contributed by atoms with Crippen molar-refractivity contribution < 1.29 is 14.3 Å². The lowest BCUT2D eigenvalue weighted by molar-refractivity contribution is -0.145. The Bertz CT molecular complexity index is 485. The molecular weight excluding hydrogens is 230 g/mol. The van der Waals surface area contributed by atoms with E-state index in [9.17, 15) is 9.59 Å². The molecule has 4 nitrogen and oxygen atoms in total. The summed E-state index contributed by atoms with van der Waals surface area (Å²) in [6, 6.07) is 8.71. The molecule has 0 radical (unpaired) electrons. The van der Waals surface area contributed by atoms with Crippen molar-refractivity contribution in [2.75, 3.05) is 13.7 Å². The van der Waals surface area contributed by atoms with E-state index in [4.69, 9.17) is 4.74 Å². The lowest BCUT2D eigenvalue weighted by Gasteiger charge is -2.25. The van der Waals surface area contributed by atoms with Gasteiger partial charge in [-0.1, -0.05) is 18.2 Å². The summed E-state index contributed by atoms with van der Waals surface area (Å²) in [5.41, 5.74) is 0.632. The second-order valence-electron chi connectivity index (χ2n) is 4.95. The highest BCUT2D eigenvalue weighted by molar-refractivity contribution is 5.97. The number of rotatable bonds is 2. The molecule has 0 N–H and O–H groups in total. The second-order valence-corrected chi connectivity index (χ2v) is 4.95. The Kier molecular flexibility index (Phi) is 2.58. The van der Waals surface area contributed by atoms with E-state index < -0.39 is 0 Å². The fourth-order valence-electron chi connectivity index (χ4n) is 2.84. The molecule has 1 aromatic carbocycles. The molecule has 3 atom stereocenters. The standard InChI is InChI=1S/C14H15NO3/c1-18-14(17)12-11-7-10(11)8-15(12)13(16)9-5-3-2-4-6-9/h2-6,10-12H,7-8H2,1H3/t10-,11+,12?/m0/s1. The monoisotopic (exact) mass is 245 g/mol. The Labute approximate surface area is 106 Å². The van der Waals surface area contributed by atoms with E-state index >= 15 is 0 Å². The average molecular weight is 245 g/mol. The normalized spacial score (nSPS) is 28.7. The van der Waals surface area contributed by atoms with Crippen molar-refractivity contribution in [3.8, 4) is 0 Å². The molecule has 4 heteroatoms. The minimum atomic E-state index is -0.382. The molecule has 94 valence electrons. The van der Waals surface area contributed by atoms with Gasteiger partial charge < -0.3 is 9.64 Å². The molecule has 2 aliphatic rings. The lowest BCUT2D eigenvalue weighted by Crippen LogP contribution is -2.43. The summed E-state index contributed by atoms with van der Waals surface area (Å²) < 4.78 is 4.81. The van der Waals surface area contributed by atoms with Crippen LogP contribution in [0.15, 0.2) is 30.3 Å². The summed E-state index contributed by atoms with van der Waals surface area (Å²) in [5, 5.41) is 0. The van der Waals surface area contributed by atoms with Crippen LogP contribution in [0.1, 0.15) is 16.8 Å². The van der Waals surface area contributed by atoms with E-state index in [1.807, 2.05) is 18.2 Å². The molecule has 1 saturated heterocycles. The lowest BCUT2D eigenvalue weighted by atomic mass is 10.1. The van der Waals surface area contributed by atoms with Gasteiger partial charge in [-0.3, -0.25) is 4.79 Å². The molecular formula is C14H15NO3. The summed E-state index contributed by atoms with van der Waals surface area (Å²) in [6.45, 7) is 0.679. The topological polar surface area (TPSA) is 46.6 Å². The van der Waals surface area contributed by atoms with Crippen molar-refractivity contribution in [3.05, 3.63) is 35.9 Å². The SMILES string of the molecule is COC(=O)C1[C@@H]2C[C@H]2CN1C(=O)c1ccccc1. The zero-order chi connectivity index (χ0) is 12.7. The van der Waals surface area contributed by atoms with Crippen LogP contribution in [-0.2, 0) is 9.53 Å². The van der Waals surface area contributed by atoms with Gasteiger partial charge in [0.05, 0.1) is 7.11 Å². The quantitative estimate of drug-likeness (QED) is 0.738. The number of carbonyl (C=O) groups is 2. The molecule has 1 saturated carbocycles. The number of piperidine rings is 1. The van der Waals surface area contributed by atoms with Gasteiger partial charge in [0.15, 0.2) is 0 Å². The van der Waals surface area contributed by atoms with Gasteiger partial charge in [-0.2, -0.15) is 0 Å². The van der Waals surface area contributed by atoms with Gasteiger partial charge in [0.25, 0.3) is 5.91 Å². The molecule has 1 aliphatic carbocycles. The number of fused-ring (bicyclic) bond motifs is 1. The number of nitrogens with zero attached hydrogens (tertiary/aromatic N) is 1. The molecule has 1 amide bonds. The number of likely N-dealkylation sites (tertiary alicyclic amines) is 1. The second kappa shape index (κ2) is 4.12. The Morgan fingerprint density at radius 1 is 1.28 bits per heavy atom. The van der Waals surface area contributed by atoms with E-state index in [1.54, 1.807) is 17.0 Å². The van der Waals surface area contributed by atoms with Crippen molar-refractivity contribution in [2.24, 2.45) is 11.8 Å². The van der Waals surface area contributed by atoms with Crippen LogP contribution < -0.4 is 0 Å². The Balaban J connectivity index is 1.84. The predicted octanol–water partition coefficient (Wildman–Crippen LogP) is 1.32. The molecule has 3 rings (SSSR count). The maximum Gasteiger partial charge on any atom is 0.328 e. The fourth-order valence-corrected chi connectivity index (χ4v) is 2.84. The van der Waals surface area contributed by atoms with Gasteiger partial charge in [-0.05, 0) is 30.4 Å². The number of hydrogen-bond donors (Lipinski definition) is 0. The van der Waals surface area contributed by atoms with Crippen molar-refractivity contribution in [1.82, 2.24) is 4.90 Å². The summed E-state index contributed by atoms with van der Waals surface area (Å²) >= 11 is 0. The number of benzene rings is 1. The van der Waals surface area contributed by atoms with Crippen molar-refractivity contribution in [2.45, 2.75) is 12.5 Å². The molecule has 18 heavy (non-hydrogen) atoms. The molecule has 1 unspecified atom stereocenters. The smallest absolute Gasteiger partial charge is 0.328 e. The van der Waals surface area contributed by atoms with Gasteiger partial charge >= 0.3 is 5.97 Å². The highest BCUT2D eigenvalue weighted by Gasteiger charge is 2.57. The maximum absolute atomic E-state index is 12.4. The van der Waals surface area contributed by atoms with Gasteiger partial charge in [0.2, 0.25) is 0 Å². The number of ether oxygens (including phenoxy) is 1. The first kappa shape index (κ1) is 11.3. The van der Waals surface area contributed by atoms with Gasteiger partial charge in [-0.25, -0.2) is 4.79 Å². The molecule has 1 heterocycles. The Morgan fingerprint density at radius 2 is 2.00 bits per heavy atom. The van der Waals surface area contributed by atoms with Crippen LogP contribution in [0.4, 0.5) is 0 Å². The molecule has 0 bridgehead atoms. The summed E-state index contributed by atoms with van der Waals surface area (Å²) in [5.74, 6) is 0.439. The Hall–Kier alpha value is -1.84. The zero-order valence-corrected chi connectivity index (χ0v) is 10.2. The van der Waals surface area contributed by atoms with E-state index in [0.717, 1.165) is 6.42 Å². The summed E-state index contributed by atoms with van der Waals surface area (Å²) in [4.78, 5) is 25.8. The molecule has 0 aromatic heterocycles. The highest BCUT2D eigenvalue weighted by Crippen LogP contribution is 2.50. The van der Waals surface area contributed by atoms with E-state index in [0.29, 0.717) is 23.9 Å². The molecule has 2 fully saturated rings. The van der Waals surface area contributed by atoms with Crippen LogP contribution >= 0.6 is 0 Å². The number of amides is 1. The first-order chi connectivity index (χ1) is 8.72. The van der Waals surface area contributed by atoms with Crippen LogP contribution in [-0.4, -0.2) is 36.5 Å². The summed E-state index contributed by atoms with van der Waals surface area (Å²) in [6.07, 6.45) is 1.04. The highest BCUT2D eigenvalue weighted by atomic mass is 16.5. The van der Waals surface area contributed by atoms with Gasteiger partial charge in [0, 0.05) is 12.1 Å². The number of methoxy groups -OCH3 is 1. The molecule has 0 spiro atoms. The fraction of sp³-hybridized carbons (Fsp3) is 0.429. The molecule has 1 aliphatic heterocycles. The minimum absolute atomic E-state index is 0.0711. The number of esters is 1. The predicted molar refractivity (Wildman–Crippen MR) is 64.9 cm³/mol. The number of hydrogen-bond acceptors (Lipinski definition) is 3. The number of carbonyl (C=O) groups excluding carboxylic acids is 2. The van der Waals surface area contributed by atoms with Crippen LogP contribution in [0.25, 0.3) is 0 Å². The van der Waals surface area contributed by atoms with Crippen LogP contribution in [0.2, 0.25) is 0 Å². The van der Waals surface area contributed by atoms with Crippen LogP contribution in [0, 0.1) is 11.8 Å². The minimum Gasteiger partial charge on any atom is -0.467 e. The largest absolute Gasteiger partial charge is 0.467 e.